The van der Waals surface area contributed by atoms with Crippen molar-refractivity contribution in [3.63, 3.8) is 0 Å². The molecule has 0 fully saturated rings. The first-order chi connectivity index (χ1) is 12.1. The smallest absolute Gasteiger partial charge is 0.323 e. The van der Waals surface area contributed by atoms with Crippen LogP contribution >= 0.6 is 0 Å². The highest BCUT2D eigenvalue weighted by Crippen LogP contribution is 2.23. The van der Waals surface area contributed by atoms with Crippen molar-refractivity contribution in [3.8, 4) is 5.69 Å². The molecule has 0 saturated heterocycles. The van der Waals surface area contributed by atoms with E-state index in [0.717, 1.165) is 0 Å². The number of hydrogen-bond acceptors (Lipinski definition) is 8. The Morgan fingerprint density at radius 1 is 1.00 bits per heavy atom. The van der Waals surface area contributed by atoms with E-state index < -0.39 is 17.8 Å². The number of fused-ring (bicyclic) bond motifs is 1. The molecule has 1 aliphatic heterocycles. The zero-order valence-corrected chi connectivity index (χ0v) is 12.4. The largest absolute Gasteiger partial charge is 0.382 e. The molecule has 10 heteroatoms. The molecule has 0 spiro atoms. The van der Waals surface area contributed by atoms with Crippen molar-refractivity contribution in [3.05, 3.63) is 65.7 Å². The Balaban J connectivity index is 1.53. The van der Waals surface area contributed by atoms with E-state index in [4.69, 9.17) is 4.84 Å². The Labute approximate surface area is 139 Å². The van der Waals surface area contributed by atoms with Crippen LogP contribution in [-0.4, -0.2) is 48.0 Å². The first-order valence-corrected chi connectivity index (χ1v) is 7.04. The van der Waals surface area contributed by atoms with Gasteiger partial charge in [0.25, 0.3) is 11.8 Å². The van der Waals surface area contributed by atoms with Crippen molar-refractivity contribution in [1.29, 1.82) is 0 Å². The summed E-state index contributed by atoms with van der Waals surface area (Å²) in [5, 5.41) is 11.1. The van der Waals surface area contributed by atoms with E-state index >= 15 is 0 Å². The molecule has 10 nitrogen and oxygen atoms in total. The van der Waals surface area contributed by atoms with Crippen molar-refractivity contribution in [2.45, 2.75) is 0 Å². The maximum Gasteiger partial charge on any atom is 0.382 e. The molecule has 1 aliphatic rings. The van der Waals surface area contributed by atoms with Crippen LogP contribution < -0.4 is 0 Å². The van der Waals surface area contributed by atoms with Gasteiger partial charge in [0.1, 0.15) is 6.33 Å². The number of hydroxylamine groups is 2. The molecule has 2 aromatic heterocycles. The van der Waals surface area contributed by atoms with Gasteiger partial charge >= 0.3 is 5.97 Å². The monoisotopic (exact) mass is 336 g/mol. The van der Waals surface area contributed by atoms with E-state index in [-0.39, 0.29) is 16.8 Å². The molecule has 122 valence electrons. The van der Waals surface area contributed by atoms with E-state index in [1.807, 2.05) is 0 Å². The first-order valence-electron chi connectivity index (χ1n) is 7.04. The predicted molar refractivity (Wildman–Crippen MR) is 79.3 cm³/mol. The lowest BCUT2D eigenvalue weighted by Gasteiger charge is -2.12. The molecule has 25 heavy (non-hydrogen) atoms. The van der Waals surface area contributed by atoms with Gasteiger partial charge in [0.05, 0.1) is 23.0 Å². The predicted octanol–water partition coefficient (Wildman–Crippen LogP) is 0.425. The van der Waals surface area contributed by atoms with Crippen LogP contribution in [-0.2, 0) is 4.84 Å². The van der Waals surface area contributed by atoms with Crippen LogP contribution in [0.25, 0.3) is 5.69 Å². The fraction of sp³-hybridized carbons (Fsp3) is 0. The van der Waals surface area contributed by atoms with Crippen molar-refractivity contribution in [2.75, 3.05) is 0 Å². The van der Waals surface area contributed by atoms with Gasteiger partial charge in [-0.15, -0.1) is 5.10 Å². The standard InChI is InChI=1S/C15H8N6O4/c22-13-10-3-1-2-4-11(10)14(23)21(13)25-15(24)12-6-5-9(7-16-12)20-8-17-18-19-20/h1-8H. The average Bonchev–Trinajstić information content (AvgIpc) is 3.26. The summed E-state index contributed by atoms with van der Waals surface area (Å²) in [6.07, 6.45) is 2.73. The summed E-state index contributed by atoms with van der Waals surface area (Å²) in [6.45, 7) is 0. The van der Waals surface area contributed by atoms with Gasteiger partial charge in [-0.2, -0.15) is 4.68 Å². The highest BCUT2D eigenvalue weighted by molar-refractivity contribution is 6.21. The zero-order valence-electron chi connectivity index (χ0n) is 12.4. The number of benzene rings is 1. The zero-order chi connectivity index (χ0) is 17.4. The van der Waals surface area contributed by atoms with E-state index in [1.165, 1.54) is 35.4 Å². The number of carbonyl (C=O) groups excluding carboxylic acids is 3. The summed E-state index contributed by atoms with van der Waals surface area (Å²) < 4.78 is 1.35. The second-order valence-corrected chi connectivity index (χ2v) is 4.99. The van der Waals surface area contributed by atoms with Gasteiger partial charge in [0, 0.05) is 0 Å². The van der Waals surface area contributed by atoms with Crippen molar-refractivity contribution < 1.29 is 19.2 Å². The van der Waals surface area contributed by atoms with Crippen LogP contribution in [0.2, 0.25) is 0 Å². The molecule has 0 bridgehead atoms. The van der Waals surface area contributed by atoms with Gasteiger partial charge in [-0.3, -0.25) is 9.59 Å². The van der Waals surface area contributed by atoms with Crippen LogP contribution in [0.15, 0.2) is 48.9 Å². The highest BCUT2D eigenvalue weighted by Gasteiger charge is 2.38. The topological polar surface area (TPSA) is 120 Å². The quantitative estimate of drug-likeness (QED) is 0.631. The Morgan fingerprint density at radius 2 is 1.72 bits per heavy atom. The van der Waals surface area contributed by atoms with Crippen LogP contribution in [0.3, 0.4) is 0 Å². The third-order valence-electron chi connectivity index (χ3n) is 3.50. The molecule has 4 rings (SSSR count). The van der Waals surface area contributed by atoms with Crippen molar-refractivity contribution in [1.82, 2.24) is 30.3 Å². The SMILES string of the molecule is O=C(ON1C(=O)c2ccccc2C1=O)c1ccc(-n2cnnn2)cn1. The van der Waals surface area contributed by atoms with E-state index in [2.05, 4.69) is 20.5 Å². The summed E-state index contributed by atoms with van der Waals surface area (Å²) in [5.41, 5.74) is 0.820. The van der Waals surface area contributed by atoms with Crippen molar-refractivity contribution in [2.24, 2.45) is 0 Å². The number of amides is 2. The number of pyridine rings is 1. The number of tetrazole rings is 1. The molecule has 3 aromatic rings. The molecule has 0 N–H and O–H groups in total. The van der Waals surface area contributed by atoms with E-state index in [9.17, 15) is 14.4 Å². The van der Waals surface area contributed by atoms with E-state index in [0.29, 0.717) is 10.8 Å². The molecule has 0 atom stereocenters. The van der Waals surface area contributed by atoms with Crippen molar-refractivity contribution >= 4 is 17.8 Å². The third kappa shape index (κ3) is 2.41. The summed E-state index contributed by atoms with van der Waals surface area (Å²) >= 11 is 0. The molecule has 0 saturated carbocycles. The lowest BCUT2D eigenvalue weighted by molar-refractivity contribution is -0.0588. The highest BCUT2D eigenvalue weighted by atomic mass is 16.7. The molecular weight excluding hydrogens is 328 g/mol. The van der Waals surface area contributed by atoms with Gasteiger partial charge in [-0.25, -0.2) is 9.78 Å². The fourth-order valence-electron chi connectivity index (χ4n) is 2.30. The lowest BCUT2D eigenvalue weighted by atomic mass is 10.1. The minimum Gasteiger partial charge on any atom is -0.323 e. The summed E-state index contributed by atoms with van der Waals surface area (Å²) in [5.74, 6) is -2.32. The molecule has 0 unspecified atom stereocenters. The number of imide groups is 1. The van der Waals surface area contributed by atoms with Gasteiger partial charge in [-0.1, -0.05) is 17.2 Å². The maximum absolute atomic E-state index is 12.2. The van der Waals surface area contributed by atoms with Crippen LogP contribution in [0.5, 0.6) is 0 Å². The minimum atomic E-state index is -0.933. The first kappa shape index (κ1) is 14.6. The van der Waals surface area contributed by atoms with Crippen LogP contribution in [0.4, 0.5) is 0 Å². The second-order valence-electron chi connectivity index (χ2n) is 4.99. The summed E-state index contributed by atoms with van der Waals surface area (Å²) in [6, 6.07) is 9.13. The molecule has 0 radical (unpaired) electrons. The van der Waals surface area contributed by atoms with Gasteiger partial charge < -0.3 is 4.84 Å². The fourth-order valence-corrected chi connectivity index (χ4v) is 2.30. The Bertz CT molecular complexity index is 949. The van der Waals surface area contributed by atoms with E-state index in [1.54, 1.807) is 18.2 Å². The van der Waals surface area contributed by atoms with Gasteiger partial charge in [0.15, 0.2) is 5.69 Å². The number of rotatable bonds is 3. The lowest BCUT2D eigenvalue weighted by Crippen LogP contribution is -2.32. The molecule has 3 heterocycles. The average molecular weight is 336 g/mol. The Morgan fingerprint density at radius 3 is 2.28 bits per heavy atom. The van der Waals surface area contributed by atoms with Crippen LogP contribution in [0, 0.1) is 0 Å². The Kier molecular flexibility index (Phi) is 3.28. The van der Waals surface area contributed by atoms with Gasteiger partial charge in [-0.05, 0) is 34.7 Å². The van der Waals surface area contributed by atoms with Crippen LogP contribution in [0.1, 0.15) is 31.2 Å². The number of hydrogen-bond donors (Lipinski definition) is 0. The normalized spacial score (nSPS) is 13.0. The second kappa shape index (κ2) is 5.60. The third-order valence-corrected chi connectivity index (χ3v) is 3.50. The summed E-state index contributed by atoms with van der Waals surface area (Å²) in [4.78, 5) is 45.3. The molecule has 1 aromatic carbocycles. The Hall–Kier alpha value is -3.95. The number of aromatic nitrogens is 5. The summed E-state index contributed by atoms with van der Waals surface area (Å²) in [7, 11) is 0. The molecule has 0 aliphatic carbocycles. The molecule has 2 amide bonds. The number of nitrogens with zero attached hydrogens (tertiary/aromatic N) is 6. The van der Waals surface area contributed by atoms with Gasteiger partial charge in [0.2, 0.25) is 0 Å². The minimum absolute atomic E-state index is 0.0756. The maximum atomic E-state index is 12.2. The molecular formula is C15H8N6O4. The number of carbonyl (C=O) groups is 3.